The van der Waals surface area contributed by atoms with Crippen molar-refractivity contribution in [3.63, 3.8) is 0 Å². The lowest BCUT2D eigenvalue weighted by atomic mass is 9.80. The van der Waals surface area contributed by atoms with Gasteiger partial charge in [-0.15, -0.1) is 0 Å². The van der Waals surface area contributed by atoms with Gasteiger partial charge in [-0.3, -0.25) is 4.90 Å². The molecule has 1 atom stereocenters. The lowest BCUT2D eigenvalue weighted by Gasteiger charge is -2.44. The van der Waals surface area contributed by atoms with Gasteiger partial charge in [-0.2, -0.15) is 0 Å². The predicted molar refractivity (Wildman–Crippen MR) is 77.7 cm³/mol. The Morgan fingerprint density at radius 2 is 1.78 bits per heavy atom. The smallest absolute Gasteiger partial charge is 0.0710 e. The van der Waals surface area contributed by atoms with Crippen molar-refractivity contribution < 1.29 is 4.74 Å². The lowest BCUT2D eigenvalue weighted by molar-refractivity contribution is 0.0487. The van der Waals surface area contributed by atoms with E-state index in [1.54, 1.807) is 0 Å². The average Bonchev–Trinajstić information content (AvgIpc) is 2.75. The number of methoxy groups -OCH3 is 1. The Kier molecular flexibility index (Phi) is 6.09. The first-order valence-corrected chi connectivity index (χ1v) is 7.41. The second kappa shape index (κ2) is 6.88. The second-order valence-electron chi connectivity index (χ2n) is 6.72. The van der Waals surface area contributed by atoms with Crippen molar-refractivity contribution in [1.29, 1.82) is 0 Å². The van der Waals surface area contributed by atoms with E-state index in [9.17, 15) is 0 Å². The van der Waals surface area contributed by atoms with Crippen molar-refractivity contribution in [3.05, 3.63) is 0 Å². The summed E-state index contributed by atoms with van der Waals surface area (Å²) in [5.41, 5.74) is 6.36. The van der Waals surface area contributed by atoms with Crippen LogP contribution >= 0.6 is 0 Å². The SMILES string of the molecule is COC1CCN(C(CN)(CC(C)C)CC(C)C)C1. The molecule has 1 heterocycles. The highest BCUT2D eigenvalue weighted by Crippen LogP contribution is 2.33. The fourth-order valence-corrected chi connectivity index (χ4v) is 3.51. The molecular formula is C15H32N2O. The Labute approximate surface area is 113 Å². The zero-order valence-electron chi connectivity index (χ0n) is 12.9. The topological polar surface area (TPSA) is 38.5 Å². The molecule has 1 fully saturated rings. The van der Waals surface area contributed by atoms with E-state index in [1.807, 2.05) is 7.11 Å². The van der Waals surface area contributed by atoms with E-state index in [0.717, 1.165) is 26.1 Å². The predicted octanol–water partition coefficient (Wildman–Crippen LogP) is 2.50. The molecule has 0 radical (unpaired) electrons. The number of hydrogen-bond donors (Lipinski definition) is 1. The third kappa shape index (κ3) is 3.94. The minimum atomic E-state index is 0.176. The van der Waals surface area contributed by atoms with E-state index in [1.165, 1.54) is 12.8 Å². The number of ether oxygens (including phenoxy) is 1. The van der Waals surface area contributed by atoms with E-state index >= 15 is 0 Å². The van der Waals surface area contributed by atoms with Gasteiger partial charge < -0.3 is 10.5 Å². The molecule has 0 aliphatic carbocycles. The van der Waals surface area contributed by atoms with Gasteiger partial charge in [0.15, 0.2) is 0 Å². The number of nitrogens with two attached hydrogens (primary N) is 1. The molecule has 0 bridgehead atoms. The van der Waals surface area contributed by atoms with Crippen LogP contribution in [0.25, 0.3) is 0 Å². The summed E-state index contributed by atoms with van der Waals surface area (Å²) in [5.74, 6) is 1.38. The van der Waals surface area contributed by atoms with Gasteiger partial charge >= 0.3 is 0 Å². The highest BCUT2D eigenvalue weighted by molar-refractivity contribution is 4.97. The fourth-order valence-electron chi connectivity index (χ4n) is 3.51. The molecule has 0 saturated carbocycles. The summed E-state index contributed by atoms with van der Waals surface area (Å²) in [7, 11) is 1.82. The molecule has 3 nitrogen and oxygen atoms in total. The summed E-state index contributed by atoms with van der Waals surface area (Å²) >= 11 is 0. The number of nitrogens with zero attached hydrogens (tertiary/aromatic N) is 1. The first-order valence-electron chi connectivity index (χ1n) is 7.41. The normalized spacial score (nSPS) is 22.3. The molecule has 2 N–H and O–H groups in total. The van der Waals surface area contributed by atoms with Crippen LogP contribution in [0.2, 0.25) is 0 Å². The number of rotatable bonds is 7. The zero-order valence-corrected chi connectivity index (χ0v) is 12.9. The molecule has 1 aliphatic heterocycles. The fraction of sp³-hybridized carbons (Fsp3) is 1.00. The molecule has 0 spiro atoms. The van der Waals surface area contributed by atoms with Gasteiger partial charge in [-0.05, 0) is 31.1 Å². The minimum absolute atomic E-state index is 0.176. The van der Waals surface area contributed by atoms with Crippen LogP contribution in [0, 0.1) is 11.8 Å². The summed E-state index contributed by atoms with van der Waals surface area (Å²) in [6.07, 6.45) is 3.93. The van der Waals surface area contributed by atoms with Crippen LogP contribution in [0.4, 0.5) is 0 Å². The van der Waals surface area contributed by atoms with Crippen molar-refractivity contribution in [3.8, 4) is 0 Å². The van der Waals surface area contributed by atoms with E-state index in [2.05, 4.69) is 32.6 Å². The van der Waals surface area contributed by atoms with E-state index in [4.69, 9.17) is 10.5 Å². The van der Waals surface area contributed by atoms with E-state index in [0.29, 0.717) is 17.9 Å². The largest absolute Gasteiger partial charge is 0.380 e. The molecule has 108 valence electrons. The van der Waals surface area contributed by atoms with Gasteiger partial charge in [0.05, 0.1) is 6.10 Å². The number of likely N-dealkylation sites (tertiary alicyclic amines) is 1. The van der Waals surface area contributed by atoms with Crippen LogP contribution in [0.5, 0.6) is 0 Å². The van der Waals surface area contributed by atoms with Crippen molar-refractivity contribution >= 4 is 0 Å². The maximum atomic E-state index is 6.19. The monoisotopic (exact) mass is 256 g/mol. The molecule has 0 aromatic heterocycles. The van der Waals surface area contributed by atoms with Gasteiger partial charge in [-0.1, -0.05) is 27.7 Å². The van der Waals surface area contributed by atoms with Crippen LogP contribution in [0.1, 0.15) is 47.0 Å². The third-order valence-corrected chi connectivity index (χ3v) is 4.11. The van der Waals surface area contributed by atoms with Crippen LogP contribution < -0.4 is 5.73 Å². The Morgan fingerprint density at radius 3 is 2.11 bits per heavy atom. The Hall–Kier alpha value is -0.120. The second-order valence-corrected chi connectivity index (χ2v) is 6.72. The Balaban J connectivity index is 2.81. The maximum absolute atomic E-state index is 6.19. The van der Waals surface area contributed by atoms with Gasteiger partial charge in [0, 0.05) is 32.3 Å². The Bertz CT molecular complexity index is 231. The summed E-state index contributed by atoms with van der Waals surface area (Å²) < 4.78 is 5.51. The van der Waals surface area contributed by atoms with E-state index < -0.39 is 0 Å². The maximum Gasteiger partial charge on any atom is 0.0710 e. The Morgan fingerprint density at radius 1 is 1.22 bits per heavy atom. The van der Waals surface area contributed by atoms with E-state index in [-0.39, 0.29) is 5.54 Å². The third-order valence-electron chi connectivity index (χ3n) is 4.11. The van der Waals surface area contributed by atoms with Gasteiger partial charge in [-0.25, -0.2) is 0 Å². The summed E-state index contributed by atoms with van der Waals surface area (Å²) in [5, 5.41) is 0. The summed E-state index contributed by atoms with van der Waals surface area (Å²) in [6, 6.07) is 0. The van der Waals surface area contributed by atoms with Crippen LogP contribution in [0.15, 0.2) is 0 Å². The number of hydrogen-bond acceptors (Lipinski definition) is 3. The van der Waals surface area contributed by atoms with Crippen molar-refractivity contribution in [2.24, 2.45) is 17.6 Å². The molecule has 1 rings (SSSR count). The van der Waals surface area contributed by atoms with Crippen LogP contribution in [-0.4, -0.2) is 43.3 Å². The average molecular weight is 256 g/mol. The molecule has 1 aliphatic rings. The quantitative estimate of drug-likeness (QED) is 0.760. The summed E-state index contributed by atoms with van der Waals surface area (Å²) in [6.45, 7) is 12.1. The highest BCUT2D eigenvalue weighted by atomic mass is 16.5. The van der Waals surface area contributed by atoms with Gasteiger partial charge in [0.1, 0.15) is 0 Å². The zero-order chi connectivity index (χ0) is 13.8. The molecule has 1 saturated heterocycles. The minimum Gasteiger partial charge on any atom is -0.380 e. The molecular weight excluding hydrogens is 224 g/mol. The highest BCUT2D eigenvalue weighted by Gasteiger charge is 2.40. The molecule has 0 aromatic rings. The first kappa shape index (κ1) is 15.9. The molecule has 0 aromatic carbocycles. The molecule has 0 amide bonds. The first-order chi connectivity index (χ1) is 8.43. The molecule has 1 unspecified atom stereocenters. The lowest BCUT2D eigenvalue weighted by Crippen LogP contribution is -2.54. The molecule has 18 heavy (non-hydrogen) atoms. The molecule has 3 heteroatoms. The van der Waals surface area contributed by atoms with Crippen LogP contribution in [0.3, 0.4) is 0 Å². The standard InChI is InChI=1S/C15H32N2O/c1-12(2)8-15(11-16,9-13(3)4)17-7-6-14(10-17)18-5/h12-14H,6-11,16H2,1-5H3. The summed E-state index contributed by atoms with van der Waals surface area (Å²) in [4.78, 5) is 2.60. The van der Waals surface area contributed by atoms with Crippen molar-refractivity contribution in [2.75, 3.05) is 26.7 Å². The van der Waals surface area contributed by atoms with Crippen molar-refractivity contribution in [2.45, 2.75) is 58.6 Å². The van der Waals surface area contributed by atoms with Crippen LogP contribution in [-0.2, 0) is 4.74 Å². The van der Waals surface area contributed by atoms with Crippen molar-refractivity contribution in [1.82, 2.24) is 4.90 Å². The van der Waals surface area contributed by atoms with Gasteiger partial charge in [0.2, 0.25) is 0 Å². The van der Waals surface area contributed by atoms with Gasteiger partial charge in [0.25, 0.3) is 0 Å².